The second-order valence-electron chi connectivity index (χ2n) is 6.35. The highest BCUT2D eigenvalue weighted by atomic mass is 35.5. The summed E-state index contributed by atoms with van der Waals surface area (Å²) in [6.07, 6.45) is 4.50. The number of ether oxygens (including phenoxy) is 1. The van der Waals surface area contributed by atoms with E-state index in [9.17, 15) is 4.79 Å². The molecule has 2 fully saturated rings. The number of nitrogens with two attached hydrogens (primary N) is 1. The van der Waals surface area contributed by atoms with Gasteiger partial charge in [0.15, 0.2) is 0 Å². The summed E-state index contributed by atoms with van der Waals surface area (Å²) in [5.41, 5.74) is 5.25. The Morgan fingerprint density at radius 2 is 2.05 bits per heavy atom. The van der Waals surface area contributed by atoms with Crippen LogP contribution in [0.4, 0.5) is 0 Å². The minimum absolute atomic E-state index is 0. The molecule has 4 nitrogen and oxygen atoms in total. The average Bonchev–Trinajstić information content (AvgIpc) is 2.26. The number of rotatable bonds is 5. The number of halogens is 1. The normalized spacial score (nSPS) is 32.7. The van der Waals surface area contributed by atoms with Gasteiger partial charge in [0.2, 0.25) is 5.91 Å². The molecule has 0 heterocycles. The van der Waals surface area contributed by atoms with E-state index in [2.05, 4.69) is 5.32 Å². The van der Waals surface area contributed by atoms with Crippen LogP contribution in [0, 0.1) is 11.3 Å². The molecular formula is C14H27ClN2O2. The van der Waals surface area contributed by atoms with Crippen molar-refractivity contribution in [2.45, 2.75) is 58.1 Å². The van der Waals surface area contributed by atoms with Gasteiger partial charge in [-0.2, -0.15) is 0 Å². The number of amides is 1. The molecule has 3 N–H and O–H groups in total. The molecule has 2 rings (SSSR count). The summed E-state index contributed by atoms with van der Waals surface area (Å²) in [6, 6.07) is 0. The summed E-state index contributed by atoms with van der Waals surface area (Å²) in [5, 5.41) is 3.03. The summed E-state index contributed by atoms with van der Waals surface area (Å²) >= 11 is 0. The monoisotopic (exact) mass is 290 g/mol. The largest absolute Gasteiger partial charge is 0.378 e. The highest BCUT2D eigenvalue weighted by molar-refractivity contribution is 5.88. The Labute approximate surface area is 122 Å². The maximum Gasteiger partial charge on any atom is 0.240 e. The highest BCUT2D eigenvalue weighted by Gasteiger charge is 2.62. The fourth-order valence-electron chi connectivity index (χ4n) is 2.91. The Morgan fingerprint density at radius 1 is 1.42 bits per heavy atom. The molecule has 19 heavy (non-hydrogen) atoms. The van der Waals surface area contributed by atoms with Gasteiger partial charge in [0.1, 0.15) is 5.54 Å². The van der Waals surface area contributed by atoms with Crippen molar-refractivity contribution in [2.75, 3.05) is 13.2 Å². The number of hydrogen-bond acceptors (Lipinski definition) is 3. The second-order valence-corrected chi connectivity index (χ2v) is 6.35. The predicted octanol–water partition coefficient (Wildman–Crippen LogP) is 1.86. The molecule has 0 radical (unpaired) electrons. The molecule has 2 aliphatic rings. The van der Waals surface area contributed by atoms with Crippen LogP contribution in [0.3, 0.4) is 0 Å². The zero-order valence-corrected chi connectivity index (χ0v) is 13.0. The van der Waals surface area contributed by atoms with Crippen LogP contribution in [0.5, 0.6) is 0 Å². The zero-order valence-electron chi connectivity index (χ0n) is 12.2. The SMILES string of the molecule is CCOC1CC(N)(C(=O)NCC2CCC2)C1(C)C.Cl. The molecule has 2 saturated carbocycles. The molecule has 112 valence electrons. The van der Waals surface area contributed by atoms with E-state index in [4.69, 9.17) is 10.5 Å². The van der Waals surface area contributed by atoms with Crippen LogP contribution in [0.2, 0.25) is 0 Å². The summed E-state index contributed by atoms with van der Waals surface area (Å²) in [5.74, 6) is 0.666. The van der Waals surface area contributed by atoms with E-state index in [-0.39, 0.29) is 29.8 Å². The Kier molecular flexibility index (Phi) is 5.27. The third-order valence-corrected chi connectivity index (χ3v) is 5.01. The lowest BCUT2D eigenvalue weighted by atomic mass is 9.54. The van der Waals surface area contributed by atoms with Crippen molar-refractivity contribution in [2.24, 2.45) is 17.1 Å². The van der Waals surface area contributed by atoms with Crippen molar-refractivity contribution in [3.05, 3.63) is 0 Å². The number of hydrogen-bond donors (Lipinski definition) is 2. The van der Waals surface area contributed by atoms with Gasteiger partial charge in [-0.25, -0.2) is 0 Å². The summed E-state index contributed by atoms with van der Waals surface area (Å²) in [7, 11) is 0. The maximum atomic E-state index is 12.3. The summed E-state index contributed by atoms with van der Waals surface area (Å²) < 4.78 is 5.64. The Balaban J connectivity index is 0.00000180. The van der Waals surface area contributed by atoms with E-state index in [1.807, 2.05) is 20.8 Å². The third-order valence-electron chi connectivity index (χ3n) is 5.01. The molecule has 0 aromatic rings. The van der Waals surface area contributed by atoms with Crippen molar-refractivity contribution < 1.29 is 9.53 Å². The molecule has 2 aliphatic carbocycles. The van der Waals surface area contributed by atoms with Gasteiger partial charge in [-0.3, -0.25) is 4.79 Å². The Morgan fingerprint density at radius 3 is 2.47 bits per heavy atom. The minimum atomic E-state index is -0.767. The van der Waals surface area contributed by atoms with E-state index in [0.717, 1.165) is 6.54 Å². The first-order valence-corrected chi connectivity index (χ1v) is 7.10. The van der Waals surface area contributed by atoms with Crippen molar-refractivity contribution >= 4 is 18.3 Å². The molecule has 0 aromatic carbocycles. The lowest BCUT2D eigenvalue weighted by molar-refractivity contribution is -0.170. The fourth-order valence-corrected chi connectivity index (χ4v) is 2.91. The smallest absolute Gasteiger partial charge is 0.240 e. The van der Waals surface area contributed by atoms with Crippen molar-refractivity contribution in [1.29, 1.82) is 0 Å². The van der Waals surface area contributed by atoms with E-state index in [0.29, 0.717) is 18.9 Å². The van der Waals surface area contributed by atoms with Gasteiger partial charge in [-0.05, 0) is 25.7 Å². The van der Waals surface area contributed by atoms with Crippen LogP contribution in [0.15, 0.2) is 0 Å². The first-order chi connectivity index (χ1) is 8.41. The molecule has 0 aromatic heterocycles. The predicted molar refractivity (Wildman–Crippen MR) is 78.3 cm³/mol. The Hall–Kier alpha value is -0.320. The van der Waals surface area contributed by atoms with Crippen LogP contribution in [0.25, 0.3) is 0 Å². The third kappa shape index (κ3) is 2.76. The second kappa shape index (κ2) is 5.98. The first kappa shape index (κ1) is 16.7. The van der Waals surface area contributed by atoms with Gasteiger partial charge in [0.05, 0.1) is 6.10 Å². The first-order valence-electron chi connectivity index (χ1n) is 7.10. The molecule has 2 atom stereocenters. The van der Waals surface area contributed by atoms with Crippen molar-refractivity contribution in [1.82, 2.24) is 5.32 Å². The van der Waals surface area contributed by atoms with Gasteiger partial charge >= 0.3 is 0 Å². The van der Waals surface area contributed by atoms with Gasteiger partial charge < -0.3 is 15.8 Å². The van der Waals surface area contributed by atoms with Crippen LogP contribution < -0.4 is 11.1 Å². The lowest BCUT2D eigenvalue weighted by Gasteiger charge is -2.57. The molecule has 0 bridgehead atoms. The van der Waals surface area contributed by atoms with E-state index in [1.54, 1.807) is 0 Å². The molecule has 5 heteroatoms. The maximum absolute atomic E-state index is 12.3. The van der Waals surface area contributed by atoms with E-state index in [1.165, 1.54) is 19.3 Å². The van der Waals surface area contributed by atoms with Gasteiger partial charge in [0, 0.05) is 25.0 Å². The van der Waals surface area contributed by atoms with Crippen LogP contribution >= 0.6 is 12.4 Å². The van der Waals surface area contributed by atoms with Crippen LogP contribution in [0.1, 0.15) is 46.5 Å². The molecular weight excluding hydrogens is 264 g/mol. The molecule has 0 spiro atoms. The zero-order chi connectivity index (χ0) is 13.4. The lowest BCUT2D eigenvalue weighted by Crippen LogP contribution is -2.76. The topological polar surface area (TPSA) is 64.3 Å². The molecule has 1 amide bonds. The minimum Gasteiger partial charge on any atom is -0.378 e. The average molecular weight is 291 g/mol. The number of nitrogens with one attached hydrogen (secondary N) is 1. The van der Waals surface area contributed by atoms with Gasteiger partial charge in [0.25, 0.3) is 0 Å². The molecule has 0 aliphatic heterocycles. The standard InChI is InChI=1S/C14H26N2O2.ClH/c1-4-18-11-8-14(15,13(11,2)3)12(17)16-9-10-6-5-7-10;/h10-11H,4-9,15H2,1-3H3,(H,16,17);1H. The molecule has 0 saturated heterocycles. The summed E-state index contributed by atoms with van der Waals surface area (Å²) in [6.45, 7) is 7.49. The quantitative estimate of drug-likeness (QED) is 0.812. The van der Waals surface area contributed by atoms with Gasteiger partial charge in [-0.1, -0.05) is 20.3 Å². The number of carbonyl (C=O) groups excluding carboxylic acids is 1. The van der Waals surface area contributed by atoms with Crippen LogP contribution in [-0.4, -0.2) is 30.7 Å². The number of carbonyl (C=O) groups is 1. The van der Waals surface area contributed by atoms with Crippen molar-refractivity contribution in [3.63, 3.8) is 0 Å². The summed E-state index contributed by atoms with van der Waals surface area (Å²) in [4.78, 5) is 12.3. The molecule has 2 unspecified atom stereocenters. The highest BCUT2D eigenvalue weighted by Crippen LogP contribution is 2.49. The van der Waals surface area contributed by atoms with Crippen molar-refractivity contribution in [3.8, 4) is 0 Å². The fraction of sp³-hybridized carbons (Fsp3) is 0.929. The van der Waals surface area contributed by atoms with E-state index >= 15 is 0 Å². The van der Waals surface area contributed by atoms with Gasteiger partial charge in [-0.15, -0.1) is 12.4 Å². The van der Waals surface area contributed by atoms with Crippen LogP contribution in [-0.2, 0) is 9.53 Å². The Bertz CT molecular complexity index is 331. The van der Waals surface area contributed by atoms with E-state index < -0.39 is 5.54 Å².